The quantitative estimate of drug-likeness (QED) is 0.770. The number of fused-ring (bicyclic) bond motifs is 2. The van der Waals surface area contributed by atoms with Gasteiger partial charge in [-0.3, -0.25) is 0 Å². The van der Waals surface area contributed by atoms with E-state index < -0.39 is 0 Å². The number of hydrogen-bond acceptors (Lipinski definition) is 3. The second-order valence-electron chi connectivity index (χ2n) is 6.93. The molecular formula is C15H22N2O2. The molecule has 2 aliphatic rings. The van der Waals surface area contributed by atoms with E-state index in [1.54, 1.807) is 17.1 Å². The van der Waals surface area contributed by atoms with Crippen molar-refractivity contribution in [2.45, 2.75) is 46.1 Å². The predicted octanol–water partition coefficient (Wildman–Crippen LogP) is 2.79. The van der Waals surface area contributed by atoms with E-state index >= 15 is 0 Å². The van der Waals surface area contributed by atoms with Crippen LogP contribution >= 0.6 is 0 Å². The smallest absolute Gasteiger partial charge is 0.358 e. The number of rotatable bonds is 2. The molecule has 4 heteroatoms. The van der Waals surface area contributed by atoms with Crippen molar-refractivity contribution >= 4 is 5.97 Å². The second-order valence-corrected chi connectivity index (χ2v) is 6.93. The molecule has 2 bridgehead atoms. The van der Waals surface area contributed by atoms with E-state index in [9.17, 15) is 4.79 Å². The van der Waals surface area contributed by atoms with Crippen LogP contribution < -0.4 is 0 Å². The number of ether oxygens (including phenoxy) is 1. The van der Waals surface area contributed by atoms with Gasteiger partial charge in [-0.05, 0) is 30.6 Å². The third-order valence-corrected chi connectivity index (χ3v) is 5.88. The summed E-state index contributed by atoms with van der Waals surface area (Å²) in [6.07, 6.45) is 6.80. The molecule has 0 N–H and O–H groups in total. The number of carbonyl (C=O) groups is 1. The maximum atomic E-state index is 12.1. The van der Waals surface area contributed by atoms with Gasteiger partial charge in [0, 0.05) is 18.7 Å². The van der Waals surface area contributed by atoms with Crippen LogP contribution in [0, 0.1) is 16.7 Å². The van der Waals surface area contributed by atoms with Crippen LogP contribution in [-0.4, -0.2) is 21.6 Å². The van der Waals surface area contributed by atoms with Crippen molar-refractivity contribution in [3.05, 3.63) is 18.2 Å². The van der Waals surface area contributed by atoms with Gasteiger partial charge in [0.2, 0.25) is 0 Å². The Labute approximate surface area is 114 Å². The fourth-order valence-electron chi connectivity index (χ4n) is 4.02. The molecule has 0 amide bonds. The van der Waals surface area contributed by atoms with Crippen LogP contribution in [0.25, 0.3) is 0 Å². The zero-order valence-corrected chi connectivity index (χ0v) is 12.1. The normalized spacial score (nSPS) is 35.6. The standard InChI is InChI=1S/C15H22N2O2/c1-14(2)10-5-6-15(14,3)12(7-10)19-13(18)11-8-17(4)9-16-11/h8-10,12H,5-7H2,1-4H3. The van der Waals surface area contributed by atoms with Gasteiger partial charge in [0.05, 0.1) is 6.33 Å². The molecule has 0 radical (unpaired) electrons. The van der Waals surface area contributed by atoms with Crippen molar-refractivity contribution in [2.24, 2.45) is 23.8 Å². The number of nitrogens with zero attached hydrogens (tertiary/aromatic N) is 2. The lowest BCUT2D eigenvalue weighted by Crippen LogP contribution is -2.38. The summed E-state index contributed by atoms with van der Waals surface area (Å²) in [5, 5.41) is 0. The van der Waals surface area contributed by atoms with E-state index in [2.05, 4.69) is 25.8 Å². The van der Waals surface area contributed by atoms with E-state index in [0.717, 1.165) is 12.8 Å². The minimum Gasteiger partial charge on any atom is -0.457 e. The zero-order valence-electron chi connectivity index (χ0n) is 12.1. The molecule has 1 aromatic heterocycles. The Morgan fingerprint density at radius 1 is 1.47 bits per heavy atom. The number of aromatic nitrogens is 2. The molecule has 0 spiro atoms. The summed E-state index contributed by atoms with van der Waals surface area (Å²) in [5.74, 6) is 0.397. The maximum absolute atomic E-state index is 12.1. The highest BCUT2D eigenvalue weighted by Crippen LogP contribution is 2.66. The average Bonchev–Trinajstić information content (AvgIpc) is 2.91. The zero-order chi connectivity index (χ0) is 13.8. The minimum atomic E-state index is -0.282. The van der Waals surface area contributed by atoms with Crippen molar-refractivity contribution in [2.75, 3.05) is 0 Å². The Hall–Kier alpha value is -1.32. The number of carbonyl (C=O) groups excluding carboxylic acids is 1. The molecule has 3 atom stereocenters. The van der Waals surface area contributed by atoms with Gasteiger partial charge in [-0.1, -0.05) is 20.8 Å². The van der Waals surface area contributed by atoms with Gasteiger partial charge in [-0.25, -0.2) is 9.78 Å². The highest BCUT2D eigenvalue weighted by molar-refractivity contribution is 5.87. The molecule has 1 heterocycles. The Balaban J connectivity index is 1.77. The molecule has 1 aromatic rings. The van der Waals surface area contributed by atoms with Crippen LogP contribution in [0.3, 0.4) is 0 Å². The van der Waals surface area contributed by atoms with Crippen molar-refractivity contribution in [3.63, 3.8) is 0 Å². The SMILES string of the molecule is Cn1cnc(C(=O)OC2CC3CCC2(C)C3(C)C)c1. The largest absolute Gasteiger partial charge is 0.457 e. The number of hydrogen-bond donors (Lipinski definition) is 0. The summed E-state index contributed by atoms with van der Waals surface area (Å²) in [6, 6.07) is 0. The number of aryl methyl sites for hydroxylation is 1. The molecule has 2 saturated carbocycles. The Morgan fingerprint density at radius 2 is 2.21 bits per heavy atom. The third kappa shape index (κ3) is 1.65. The summed E-state index contributed by atoms with van der Waals surface area (Å²) >= 11 is 0. The van der Waals surface area contributed by atoms with Crippen molar-refractivity contribution in [3.8, 4) is 0 Å². The fourth-order valence-corrected chi connectivity index (χ4v) is 4.02. The van der Waals surface area contributed by atoms with Gasteiger partial charge >= 0.3 is 5.97 Å². The van der Waals surface area contributed by atoms with E-state index in [1.807, 2.05) is 7.05 Å². The van der Waals surface area contributed by atoms with Gasteiger partial charge < -0.3 is 9.30 Å². The topological polar surface area (TPSA) is 44.1 Å². The summed E-state index contributed by atoms with van der Waals surface area (Å²) in [5.41, 5.74) is 0.788. The van der Waals surface area contributed by atoms with Crippen LogP contribution in [0.2, 0.25) is 0 Å². The first-order valence-corrected chi connectivity index (χ1v) is 7.03. The highest BCUT2D eigenvalue weighted by atomic mass is 16.5. The van der Waals surface area contributed by atoms with Gasteiger partial charge in [-0.15, -0.1) is 0 Å². The first-order valence-electron chi connectivity index (χ1n) is 7.03. The molecule has 3 unspecified atom stereocenters. The van der Waals surface area contributed by atoms with Crippen LogP contribution in [0.15, 0.2) is 12.5 Å². The van der Waals surface area contributed by atoms with Crippen LogP contribution in [0.1, 0.15) is 50.5 Å². The molecule has 0 saturated heterocycles. The van der Waals surface area contributed by atoms with Gasteiger partial charge in [0.1, 0.15) is 6.10 Å². The Bertz CT molecular complexity index is 520. The van der Waals surface area contributed by atoms with Crippen molar-refractivity contribution in [1.82, 2.24) is 9.55 Å². The van der Waals surface area contributed by atoms with Crippen molar-refractivity contribution < 1.29 is 9.53 Å². The minimum absolute atomic E-state index is 0.0377. The van der Waals surface area contributed by atoms with Crippen LogP contribution in [0.4, 0.5) is 0 Å². The van der Waals surface area contributed by atoms with Gasteiger partial charge in [0.15, 0.2) is 5.69 Å². The molecule has 19 heavy (non-hydrogen) atoms. The van der Waals surface area contributed by atoms with E-state index in [4.69, 9.17) is 4.74 Å². The summed E-state index contributed by atoms with van der Waals surface area (Å²) < 4.78 is 7.54. The summed E-state index contributed by atoms with van der Waals surface area (Å²) in [4.78, 5) is 16.2. The molecular weight excluding hydrogens is 240 g/mol. The number of imidazole rings is 1. The molecule has 104 valence electrons. The lowest BCUT2D eigenvalue weighted by atomic mass is 9.70. The van der Waals surface area contributed by atoms with Gasteiger partial charge in [0.25, 0.3) is 0 Å². The summed E-state index contributed by atoms with van der Waals surface area (Å²) in [7, 11) is 1.85. The van der Waals surface area contributed by atoms with Gasteiger partial charge in [-0.2, -0.15) is 0 Å². The highest BCUT2D eigenvalue weighted by Gasteiger charge is 2.62. The fraction of sp³-hybridized carbons (Fsp3) is 0.733. The van der Waals surface area contributed by atoms with E-state index in [1.165, 1.54) is 6.42 Å². The average molecular weight is 262 g/mol. The molecule has 2 fully saturated rings. The van der Waals surface area contributed by atoms with E-state index in [0.29, 0.717) is 11.6 Å². The van der Waals surface area contributed by atoms with Crippen LogP contribution in [-0.2, 0) is 11.8 Å². The first-order chi connectivity index (χ1) is 8.84. The Morgan fingerprint density at radius 3 is 2.68 bits per heavy atom. The molecule has 4 nitrogen and oxygen atoms in total. The van der Waals surface area contributed by atoms with E-state index in [-0.39, 0.29) is 22.9 Å². The lowest BCUT2D eigenvalue weighted by Gasteiger charge is -2.38. The maximum Gasteiger partial charge on any atom is 0.358 e. The molecule has 2 aliphatic carbocycles. The summed E-state index contributed by atoms with van der Waals surface area (Å²) in [6.45, 7) is 6.91. The monoisotopic (exact) mass is 262 g/mol. The lowest BCUT2D eigenvalue weighted by molar-refractivity contribution is -0.0246. The molecule has 0 aromatic carbocycles. The van der Waals surface area contributed by atoms with Crippen LogP contribution in [0.5, 0.6) is 0 Å². The Kier molecular flexibility index (Phi) is 2.57. The van der Waals surface area contributed by atoms with Crippen molar-refractivity contribution in [1.29, 1.82) is 0 Å². The first kappa shape index (κ1) is 12.7. The number of esters is 1. The molecule has 3 rings (SSSR count). The predicted molar refractivity (Wildman–Crippen MR) is 71.6 cm³/mol. The molecule has 0 aliphatic heterocycles. The second kappa shape index (κ2) is 3.84. The third-order valence-electron chi connectivity index (χ3n) is 5.88.